The van der Waals surface area contributed by atoms with Crippen LogP contribution in [-0.4, -0.2) is 28.2 Å². The summed E-state index contributed by atoms with van der Waals surface area (Å²) in [6, 6.07) is 0. The normalized spacial score (nSPS) is 13.8. The van der Waals surface area contributed by atoms with Crippen LogP contribution < -0.4 is 0 Å². The molecule has 0 saturated carbocycles. The third-order valence-corrected chi connectivity index (χ3v) is 0.951. The van der Waals surface area contributed by atoms with Gasteiger partial charge in [-0.05, 0) is 0 Å². The summed E-state index contributed by atoms with van der Waals surface area (Å²) in [5.74, 6) is -0.0200. The molecule has 0 spiro atoms. The monoisotopic (exact) mass is 139 g/mol. The summed E-state index contributed by atoms with van der Waals surface area (Å²) in [6.45, 7) is 0.0899. The highest BCUT2D eigenvalue weighted by molar-refractivity contribution is 7.79. The predicted molar refractivity (Wildman–Crippen MR) is 26.7 cm³/mol. The lowest BCUT2D eigenvalue weighted by Gasteiger charge is -2.01. The molecule has 0 amide bonds. The third kappa shape index (κ3) is 6.03. The van der Waals surface area contributed by atoms with Gasteiger partial charge < -0.3 is 4.55 Å². The fourth-order valence-electron chi connectivity index (χ4n) is 0.185. The molecule has 8 heavy (non-hydrogen) atoms. The summed E-state index contributed by atoms with van der Waals surface area (Å²) in [5.41, 5.74) is 0. The Morgan fingerprint density at radius 3 is 2.75 bits per heavy atom. The first-order valence-corrected chi connectivity index (χ1v) is 3.23. The molecular weight excluding hydrogens is 132 g/mol. The lowest BCUT2D eigenvalue weighted by atomic mass is 10.9. The molecule has 1 unspecified atom stereocenters. The van der Waals surface area contributed by atoms with Crippen LogP contribution in [0.3, 0.4) is 0 Å². The van der Waals surface area contributed by atoms with E-state index in [1.165, 1.54) is 7.11 Å². The van der Waals surface area contributed by atoms with Crippen molar-refractivity contribution in [2.45, 2.75) is 0 Å². The zero-order valence-corrected chi connectivity index (χ0v) is 5.27. The lowest BCUT2D eigenvalue weighted by Crippen LogP contribution is -2.03. The van der Waals surface area contributed by atoms with Gasteiger partial charge in [0, 0.05) is 5.75 Å². The van der Waals surface area contributed by atoms with Crippen molar-refractivity contribution in [1.29, 1.82) is 0 Å². The van der Waals surface area contributed by atoms with Gasteiger partial charge in [-0.25, -0.2) is 9.78 Å². The fourth-order valence-corrected chi connectivity index (χ4v) is 0.390. The van der Waals surface area contributed by atoms with Crippen LogP contribution in [-0.2, 0) is 20.9 Å². The topological polar surface area (TPSA) is 58.6 Å². The van der Waals surface area contributed by atoms with Crippen molar-refractivity contribution >= 4 is 11.1 Å². The number of hydrogen-bond acceptors (Lipinski definition) is 4. The van der Waals surface area contributed by atoms with Crippen molar-refractivity contribution in [3.63, 3.8) is 0 Å². The Morgan fingerprint density at radius 1 is 1.75 bits per heavy atom. The Hall–Kier alpha value is 0.0300. The molecule has 0 heterocycles. The summed E-state index contributed by atoms with van der Waals surface area (Å²) in [7, 11) is 1.33. The molecule has 0 bridgehead atoms. The molecule has 0 aromatic rings. The second-order valence-corrected chi connectivity index (χ2v) is 2.01. The number of rotatable bonds is 4. The van der Waals surface area contributed by atoms with Crippen LogP contribution in [0.1, 0.15) is 0 Å². The van der Waals surface area contributed by atoms with Crippen molar-refractivity contribution in [1.82, 2.24) is 0 Å². The Bertz CT molecular complexity index is 73.7. The molecular formula is C3H7O4S-. The van der Waals surface area contributed by atoms with Crippen LogP contribution in [0.15, 0.2) is 0 Å². The van der Waals surface area contributed by atoms with Gasteiger partial charge in [0.2, 0.25) is 0 Å². The van der Waals surface area contributed by atoms with Crippen molar-refractivity contribution < 1.29 is 18.5 Å². The van der Waals surface area contributed by atoms with E-state index in [2.05, 4.69) is 9.78 Å². The van der Waals surface area contributed by atoms with Gasteiger partial charge >= 0.3 is 0 Å². The van der Waals surface area contributed by atoms with Crippen molar-refractivity contribution in [3.8, 4) is 0 Å². The van der Waals surface area contributed by atoms with Gasteiger partial charge in [-0.2, -0.15) is 0 Å². The predicted octanol–water partition coefficient (Wildman–Crippen LogP) is -0.556. The molecule has 0 radical (unpaired) electrons. The minimum absolute atomic E-state index is 0.0200. The van der Waals surface area contributed by atoms with Gasteiger partial charge in [0.1, 0.15) is 0 Å². The molecule has 4 nitrogen and oxygen atoms in total. The molecule has 0 N–H and O–H groups in total. The fraction of sp³-hybridized carbons (Fsp3) is 1.00. The van der Waals surface area contributed by atoms with E-state index in [4.69, 9.17) is 0 Å². The van der Waals surface area contributed by atoms with E-state index in [9.17, 15) is 8.76 Å². The summed E-state index contributed by atoms with van der Waals surface area (Å²) in [6.07, 6.45) is 0. The average Bonchev–Trinajstić information content (AvgIpc) is 1.66. The average molecular weight is 139 g/mol. The smallest absolute Gasteiger partial charge is 0.0926 e. The van der Waals surface area contributed by atoms with Gasteiger partial charge in [0.15, 0.2) is 0 Å². The zero-order valence-electron chi connectivity index (χ0n) is 4.46. The van der Waals surface area contributed by atoms with Crippen LogP contribution in [0.5, 0.6) is 0 Å². The molecule has 0 aliphatic carbocycles. The van der Waals surface area contributed by atoms with Crippen LogP contribution in [0.4, 0.5) is 0 Å². The van der Waals surface area contributed by atoms with Gasteiger partial charge in [0.25, 0.3) is 0 Å². The van der Waals surface area contributed by atoms with Crippen LogP contribution in [0.25, 0.3) is 0 Å². The molecule has 0 aromatic heterocycles. The van der Waals surface area contributed by atoms with Gasteiger partial charge in [-0.3, -0.25) is 4.21 Å². The highest BCUT2D eigenvalue weighted by Gasteiger charge is 1.83. The highest BCUT2D eigenvalue weighted by atomic mass is 32.2. The lowest BCUT2D eigenvalue weighted by molar-refractivity contribution is -0.267. The van der Waals surface area contributed by atoms with Gasteiger partial charge in [-0.15, -0.1) is 0 Å². The number of hydrogen-bond donors (Lipinski definition) is 0. The van der Waals surface area contributed by atoms with E-state index >= 15 is 0 Å². The van der Waals surface area contributed by atoms with Crippen LogP contribution >= 0.6 is 0 Å². The molecule has 0 aliphatic heterocycles. The van der Waals surface area contributed by atoms with E-state index in [0.717, 1.165) is 0 Å². The molecule has 0 saturated heterocycles. The zero-order chi connectivity index (χ0) is 6.41. The van der Waals surface area contributed by atoms with Crippen molar-refractivity contribution in [2.75, 3.05) is 19.5 Å². The Morgan fingerprint density at radius 2 is 2.38 bits per heavy atom. The molecule has 5 heteroatoms. The van der Waals surface area contributed by atoms with Crippen molar-refractivity contribution in [3.05, 3.63) is 0 Å². The Kier molecular flexibility index (Phi) is 5.19. The second kappa shape index (κ2) is 5.17. The van der Waals surface area contributed by atoms with E-state index < -0.39 is 11.1 Å². The summed E-state index contributed by atoms with van der Waals surface area (Å²) < 4.78 is 19.5. The van der Waals surface area contributed by atoms with Crippen molar-refractivity contribution in [2.24, 2.45) is 0 Å². The Labute approximate surface area is 50.0 Å². The van der Waals surface area contributed by atoms with Gasteiger partial charge in [0.05, 0.1) is 13.7 Å². The summed E-state index contributed by atoms with van der Waals surface area (Å²) in [4.78, 5) is 8.37. The Balaban J connectivity index is 2.82. The quantitative estimate of drug-likeness (QED) is 0.227. The van der Waals surface area contributed by atoms with E-state index in [0.29, 0.717) is 0 Å². The van der Waals surface area contributed by atoms with Crippen LogP contribution in [0, 0.1) is 0 Å². The second-order valence-electron chi connectivity index (χ2n) is 0.997. The first-order chi connectivity index (χ1) is 3.77. The van der Waals surface area contributed by atoms with E-state index in [-0.39, 0.29) is 12.4 Å². The SMILES string of the molecule is COOCCS(=O)[O-]. The van der Waals surface area contributed by atoms with E-state index in [1.54, 1.807) is 0 Å². The largest absolute Gasteiger partial charge is 0.772 e. The molecule has 1 atom stereocenters. The van der Waals surface area contributed by atoms with E-state index in [1.807, 2.05) is 0 Å². The minimum atomic E-state index is -2.02. The minimum Gasteiger partial charge on any atom is -0.772 e. The molecule has 0 fully saturated rings. The maximum absolute atomic E-state index is 9.74. The van der Waals surface area contributed by atoms with Gasteiger partial charge in [-0.1, -0.05) is 11.1 Å². The summed E-state index contributed by atoms with van der Waals surface area (Å²) >= 11 is -2.02. The molecule has 0 rings (SSSR count). The highest BCUT2D eigenvalue weighted by Crippen LogP contribution is 1.76. The molecule has 50 valence electrons. The van der Waals surface area contributed by atoms with Crippen LogP contribution in [0.2, 0.25) is 0 Å². The standard InChI is InChI=1S/C3H8O4S/c1-6-7-2-3-8(4)5/h2-3H2,1H3,(H,4,5)/p-1. The maximum atomic E-state index is 9.74. The molecule has 0 aromatic carbocycles. The maximum Gasteiger partial charge on any atom is 0.0926 e. The third-order valence-electron chi connectivity index (χ3n) is 0.451. The molecule has 0 aliphatic rings. The summed E-state index contributed by atoms with van der Waals surface area (Å²) in [5, 5.41) is 0. The first-order valence-electron chi connectivity index (χ1n) is 1.99. The first kappa shape index (κ1) is 8.03.